The molecule has 0 bridgehead atoms. The van der Waals surface area contributed by atoms with Gasteiger partial charge in [0.2, 0.25) is 0 Å². The number of halogens is 1. The predicted molar refractivity (Wildman–Crippen MR) is 84.0 cm³/mol. The number of rotatable bonds is 5. The Morgan fingerprint density at radius 1 is 1.42 bits per heavy atom. The van der Waals surface area contributed by atoms with Gasteiger partial charge in [-0.1, -0.05) is 32.4 Å². The van der Waals surface area contributed by atoms with E-state index in [2.05, 4.69) is 43.1 Å². The van der Waals surface area contributed by atoms with Gasteiger partial charge in [-0.15, -0.1) is 0 Å². The van der Waals surface area contributed by atoms with Gasteiger partial charge in [-0.3, -0.25) is 0 Å². The molecule has 1 aromatic carbocycles. The molecule has 2 nitrogen and oxygen atoms in total. The molecule has 1 unspecified atom stereocenters. The largest absolute Gasteiger partial charge is 0.371 e. The summed E-state index contributed by atoms with van der Waals surface area (Å²) < 4.78 is 0. The van der Waals surface area contributed by atoms with Crippen LogP contribution in [0.15, 0.2) is 18.2 Å². The average Bonchev–Trinajstić information content (AvgIpc) is 2.75. The normalized spacial score (nSPS) is 19.4. The van der Waals surface area contributed by atoms with Crippen LogP contribution in [-0.2, 0) is 6.54 Å². The first-order valence-corrected chi connectivity index (χ1v) is 7.68. The molecule has 19 heavy (non-hydrogen) atoms. The van der Waals surface area contributed by atoms with Crippen LogP contribution < -0.4 is 10.2 Å². The Kier molecular flexibility index (Phi) is 5.12. The van der Waals surface area contributed by atoms with Gasteiger partial charge >= 0.3 is 0 Å². The molecule has 0 amide bonds. The Hall–Kier alpha value is -0.730. The third-order valence-electron chi connectivity index (χ3n) is 3.67. The van der Waals surface area contributed by atoms with Crippen LogP contribution in [-0.4, -0.2) is 19.6 Å². The molecule has 0 aliphatic carbocycles. The first-order chi connectivity index (χ1) is 9.06. The van der Waals surface area contributed by atoms with E-state index in [1.165, 1.54) is 30.8 Å². The van der Waals surface area contributed by atoms with Gasteiger partial charge in [0.25, 0.3) is 0 Å². The molecule has 0 saturated carbocycles. The van der Waals surface area contributed by atoms with Crippen LogP contribution in [0.4, 0.5) is 5.69 Å². The zero-order valence-electron chi connectivity index (χ0n) is 12.2. The molecule has 1 aliphatic rings. The third kappa shape index (κ3) is 4.12. The van der Waals surface area contributed by atoms with Crippen molar-refractivity contribution in [2.24, 2.45) is 11.8 Å². The maximum absolute atomic E-state index is 6.15. The van der Waals surface area contributed by atoms with Gasteiger partial charge in [0.15, 0.2) is 0 Å². The number of hydrogen-bond acceptors (Lipinski definition) is 2. The highest BCUT2D eigenvalue weighted by molar-refractivity contribution is 6.30. The van der Waals surface area contributed by atoms with Crippen molar-refractivity contribution in [1.82, 2.24) is 5.32 Å². The molecule has 1 atom stereocenters. The van der Waals surface area contributed by atoms with Gasteiger partial charge in [0.1, 0.15) is 0 Å². The summed E-state index contributed by atoms with van der Waals surface area (Å²) in [4.78, 5) is 2.49. The zero-order valence-corrected chi connectivity index (χ0v) is 13.0. The van der Waals surface area contributed by atoms with Crippen molar-refractivity contribution in [3.05, 3.63) is 28.8 Å². The first-order valence-electron chi connectivity index (χ1n) is 7.30. The van der Waals surface area contributed by atoms with Crippen molar-refractivity contribution in [2.75, 3.05) is 24.5 Å². The molecule has 106 valence electrons. The second-order valence-corrected chi connectivity index (χ2v) is 6.57. The van der Waals surface area contributed by atoms with Gasteiger partial charge < -0.3 is 10.2 Å². The second-order valence-electron chi connectivity index (χ2n) is 6.14. The van der Waals surface area contributed by atoms with E-state index >= 15 is 0 Å². The predicted octanol–water partition coefficient (Wildman–Crippen LogP) is 3.93. The fourth-order valence-electron chi connectivity index (χ4n) is 2.65. The van der Waals surface area contributed by atoms with Crippen molar-refractivity contribution in [3.63, 3.8) is 0 Å². The van der Waals surface area contributed by atoms with Gasteiger partial charge in [-0.25, -0.2) is 0 Å². The molecule has 1 saturated heterocycles. The second kappa shape index (κ2) is 6.62. The number of anilines is 1. The molecule has 3 heteroatoms. The van der Waals surface area contributed by atoms with Gasteiger partial charge in [0.05, 0.1) is 0 Å². The lowest BCUT2D eigenvalue weighted by atomic mass is 10.1. The highest BCUT2D eigenvalue weighted by Gasteiger charge is 2.20. The SMILES string of the molecule is CC(C)CNCc1cc(Cl)ccc1N1CCC(C)C1. The Balaban J connectivity index is 2.09. The summed E-state index contributed by atoms with van der Waals surface area (Å²) in [5.41, 5.74) is 2.67. The van der Waals surface area contributed by atoms with Crippen LogP contribution in [0.3, 0.4) is 0 Å². The van der Waals surface area contributed by atoms with E-state index in [0.717, 1.165) is 24.0 Å². The van der Waals surface area contributed by atoms with Crippen molar-refractivity contribution in [2.45, 2.75) is 33.7 Å². The highest BCUT2D eigenvalue weighted by Crippen LogP contribution is 2.29. The number of nitrogens with zero attached hydrogens (tertiary/aromatic N) is 1. The summed E-state index contributed by atoms with van der Waals surface area (Å²) in [7, 11) is 0. The molecule has 1 N–H and O–H groups in total. The van der Waals surface area contributed by atoms with Crippen LogP contribution in [0.2, 0.25) is 5.02 Å². The van der Waals surface area contributed by atoms with Crippen molar-refractivity contribution >= 4 is 17.3 Å². The molecular weight excluding hydrogens is 256 g/mol. The standard InChI is InChI=1S/C16H25ClN2/c1-12(2)9-18-10-14-8-15(17)4-5-16(14)19-7-6-13(3)11-19/h4-5,8,12-13,18H,6-7,9-11H2,1-3H3. The minimum atomic E-state index is 0.675. The Morgan fingerprint density at radius 2 is 2.21 bits per heavy atom. The summed E-state index contributed by atoms with van der Waals surface area (Å²) in [6.07, 6.45) is 1.29. The molecular formula is C16H25ClN2. The summed E-state index contributed by atoms with van der Waals surface area (Å²) in [6.45, 7) is 11.1. The third-order valence-corrected chi connectivity index (χ3v) is 3.91. The van der Waals surface area contributed by atoms with Crippen LogP contribution >= 0.6 is 11.6 Å². The molecule has 0 spiro atoms. The van der Waals surface area contributed by atoms with E-state index in [-0.39, 0.29) is 0 Å². The molecule has 0 aromatic heterocycles. The van der Waals surface area contributed by atoms with Crippen LogP contribution in [0.5, 0.6) is 0 Å². The molecule has 0 radical (unpaired) electrons. The first kappa shape index (κ1) is 14.7. The quantitative estimate of drug-likeness (QED) is 0.879. The Bertz CT molecular complexity index is 417. The number of benzene rings is 1. The molecule has 1 aliphatic heterocycles. The zero-order chi connectivity index (χ0) is 13.8. The van der Waals surface area contributed by atoms with Gasteiger partial charge in [0, 0.05) is 30.3 Å². The van der Waals surface area contributed by atoms with E-state index in [1.807, 2.05) is 6.07 Å². The minimum absolute atomic E-state index is 0.675. The van der Waals surface area contributed by atoms with Gasteiger partial charge in [-0.2, -0.15) is 0 Å². The fourth-order valence-corrected chi connectivity index (χ4v) is 2.85. The van der Waals surface area contributed by atoms with E-state index in [0.29, 0.717) is 5.92 Å². The van der Waals surface area contributed by atoms with Crippen LogP contribution in [0.1, 0.15) is 32.8 Å². The maximum Gasteiger partial charge on any atom is 0.0412 e. The lowest BCUT2D eigenvalue weighted by Crippen LogP contribution is -2.24. The number of hydrogen-bond donors (Lipinski definition) is 1. The summed E-state index contributed by atoms with van der Waals surface area (Å²) in [5, 5.41) is 4.35. The smallest absolute Gasteiger partial charge is 0.0412 e. The molecule has 1 heterocycles. The minimum Gasteiger partial charge on any atom is -0.371 e. The summed E-state index contributed by atoms with van der Waals surface area (Å²) >= 11 is 6.15. The number of nitrogens with one attached hydrogen (secondary N) is 1. The van der Waals surface area contributed by atoms with E-state index < -0.39 is 0 Å². The average molecular weight is 281 g/mol. The van der Waals surface area contributed by atoms with E-state index in [1.54, 1.807) is 0 Å². The highest BCUT2D eigenvalue weighted by atomic mass is 35.5. The lowest BCUT2D eigenvalue weighted by molar-refractivity contribution is 0.552. The van der Waals surface area contributed by atoms with E-state index in [4.69, 9.17) is 11.6 Å². The Morgan fingerprint density at radius 3 is 2.84 bits per heavy atom. The van der Waals surface area contributed by atoms with E-state index in [9.17, 15) is 0 Å². The lowest BCUT2D eigenvalue weighted by Gasteiger charge is -2.22. The van der Waals surface area contributed by atoms with Gasteiger partial charge in [-0.05, 0) is 48.6 Å². The molecule has 2 rings (SSSR count). The summed E-state index contributed by atoms with van der Waals surface area (Å²) in [6, 6.07) is 6.28. The molecule has 1 aromatic rings. The topological polar surface area (TPSA) is 15.3 Å². The molecule has 1 fully saturated rings. The fraction of sp³-hybridized carbons (Fsp3) is 0.625. The van der Waals surface area contributed by atoms with Crippen molar-refractivity contribution in [1.29, 1.82) is 0 Å². The van der Waals surface area contributed by atoms with Crippen molar-refractivity contribution < 1.29 is 0 Å². The van der Waals surface area contributed by atoms with Crippen LogP contribution in [0, 0.1) is 11.8 Å². The van der Waals surface area contributed by atoms with Crippen molar-refractivity contribution in [3.8, 4) is 0 Å². The maximum atomic E-state index is 6.15. The van der Waals surface area contributed by atoms with Crippen LogP contribution in [0.25, 0.3) is 0 Å². The monoisotopic (exact) mass is 280 g/mol. The Labute approximate surface area is 122 Å². The summed E-state index contributed by atoms with van der Waals surface area (Å²) in [5.74, 6) is 1.47.